The zero-order chi connectivity index (χ0) is 15.1. The SMILES string of the molecule is COC1CC(C)=CC=C1c1c(F)c2cc(Cl)ccc2n1C. The molecule has 0 radical (unpaired) electrons. The first kappa shape index (κ1) is 14.4. The van der Waals surface area contributed by atoms with E-state index in [0.29, 0.717) is 16.1 Å². The lowest BCUT2D eigenvalue weighted by Gasteiger charge is -2.23. The standard InChI is InChI=1S/C17H17ClFNO/c1-10-4-6-12(15(8-10)21-3)17-16(19)13-9-11(18)5-7-14(13)20(17)2/h4-7,9,15H,8H2,1-3H3. The summed E-state index contributed by atoms with van der Waals surface area (Å²) in [6.07, 6.45) is 4.63. The van der Waals surface area contributed by atoms with Crippen LogP contribution in [0.4, 0.5) is 4.39 Å². The number of methoxy groups -OCH3 is 1. The Kier molecular flexibility index (Phi) is 3.64. The van der Waals surface area contributed by atoms with Crippen LogP contribution in [-0.4, -0.2) is 17.8 Å². The molecule has 1 unspecified atom stereocenters. The minimum Gasteiger partial charge on any atom is -0.376 e. The molecule has 0 spiro atoms. The van der Waals surface area contributed by atoms with Crippen molar-refractivity contribution in [2.45, 2.75) is 19.4 Å². The highest BCUT2D eigenvalue weighted by molar-refractivity contribution is 6.31. The molecule has 4 heteroatoms. The third-order valence-corrected chi connectivity index (χ3v) is 4.29. The minimum absolute atomic E-state index is 0.122. The van der Waals surface area contributed by atoms with Crippen molar-refractivity contribution in [1.82, 2.24) is 4.57 Å². The van der Waals surface area contributed by atoms with Crippen molar-refractivity contribution in [2.24, 2.45) is 7.05 Å². The monoisotopic (exact) mass is 305 g/mol. The third-order valence-electron chi connectivity index (χ3n) is 4.06. The average molecular weight is 306 g/mol. The van der Waals surface area contributed by atoms with Gasteiger partial charge in [-0.3, -0.25) is 0 Å². The smallest absolute Gasteiger partial charge is 0.156 e. The van der Waals surface area contributed by atoms with Gasteiger partial charge in [0.15, 0.2) is 5.82 Å². The summed E-state index contributed by atoms with van der Waals surface area (Å²) in [6.45, 7) is 2.05. The highest BCUT2D eigenvalue weighted by Gasteiger charge is 2.26. The lowest BCUT2D eigenvalue weighted by atomic mass is 9.93. The van der Waals surface area contributed by atoms with Crippen LogP contribution < -0.4 is 0 Å². The van der Waals surface area contributed by atoms with Crippen molar-refractivity contribution in [2.75, 3.05) is 7.11 Å². The molecule has 2 aromatic rings. The van der Waals surface area contributed by atoms with E-state index in [2.05, 4.69) is 6.92 Å². The Morgan fingerprint density at radius 2 is 2.10 bits per heavy atom. The highest BCUT2D eigenvalue weighted by atomic mass is 35.5. The van der Waals surface area contributed by atoms with Crippen LogP contribution in [0, 0.1) is 5.82 Å². The van der Waals surface area contributed by atoms with E-state index in [1.807, 2.05) is 29.8 Å². The first-order chi connectivity index (χ1) is 10.0. The molecule has 2 nitrogen and oxygen atoms in total. The van der Waals surface area contributed by atoms with E-state index in [9.17, 15) is 4.39 Å². The van der Waals surface area contributed by atoms with Crippen LogP contribution >= 0.6 is 11.6 Å². The molecule has 0 N–H and O–H groups in total. The van der Waals surface area contributed by atoms with Crippen LogP contribution in [0.5, 0.6) is 0 Å². The fraction of sp³-hybridized carbons (Fsp3) is 0.294. The molecule has 0 fully saturated rings. The second-order valence-electron chi connectivity index (χ2n) is 5.45. The van der Waals surface area contributed by atoms with Crippen molar-refractivity contribution < 1.29 is 9.13 Å². The lowest BCUT2D eigenvalue weighted by molar-refractivity contribution is 0.147. The van der Waals surface area contributed by atoms with E-state index in [1.54, 1.807) is 19.2 Å². The van der Waals surface area contributed by atoms with Crippen molar-refractivity contribution in [3.05, 3.63) is 52.5 Å². The van der Waals surface area contributed by atoms with E-state index in [4.69, 9.17) is 16.3 Å². The molecule has 0 bridgehead atoms. The first-order valence-electron chi connectivity index (χ1n) is 6.87. The molecule has 1 heterocycles. The topological polar surface area (TPSA) is 14.2 Å². The lowest BCUT2D eigenvalue weighted by Crippen LogP contribution is -2.18. The molecule has 21 heavy (non-hydrogen) atoms. The fourth-order valence-corrected chi connectivity index (χ4v) is 3.12. The normalized spacial score (nSPS) is 18.8. The number of hydrogen-bond donors (Lipinski definition) is 0. The number of hydrogen-bond acceptors (Lipinski definition) is 1. The quantitative estimate of drug-likeness (QED) is 0.783. The molecule has 3 rings (SSSR count). The first-order valence-corrected chi connectivity index (χ1v) is 7.24. The van der Waals surface area contributed by atoms with E-state index in [0.717, 1.165) is 17.5 Å². The van der Waals surface area contributed by atoms with Gasteiger partial charge in [0.2, 0.25) is 0 Å². The average Bonchev–Trinajstić information content (AvgIpc) is 2.71. The Labute approximate surface area is 128 Å². The summed E-state index contributed by atoms with van der Waals surface area (Å²) >= 11 is 5.99. The van der Waals surface area contributed by atoms with Crippen molar-refractivity contribution in [3.8, 4) is 0 Å². The van der Waals surface area contributed by atoms with E-state index < -0.39 is 0 Å². The highest BCUT2D eigenvalue weighted by Crippen LogP contribution is 2.35. The number of halogens is 2. The Morgan fingerprint density at radius 1 is 1.33 bits per heavy atom. The second-order valence-corrected chi connectivity index (χ2v) is 5.88. The van der Waals surface area contributed by atoms with Crippen LogP contribution in [0.25, 0.3) is 16.5 Å². The van der Waals surface area contributed by atoms with Crippen LogP contribution in [0.1, 0.15) is 19.0 Å². The molecule has 0 saturated heterocycles. The largest absolute Gasteiger partial charge is 0.376 e. The maximum absolute atomic E-state index is 14.9. The van der Waals surface area contributed by atoms with Gasteiger partial charge < -0.3 is 9.30 Å². The molecule has 0 saturated carbocycles. The number of fused-ring (bicyclic) bond motifs is 1. The van der Waals surface area contributed by atoms with E-state index in [1.165, 1.54) is 5.57 Å². The molecular formula is C17H17ClFNO. The van der Waals surface area contributed by atoms with Crippen LogP contribution in [0.2, 0.25) is 5.02 Å². The van der Waals surface area contributed by atoms with Crippen molar-refractivity contribution >= 4 is 28.1 Å². The fourth-order valence-electron chi connectivity index (χ4n) is 2.94. The maximum atomic E-state index is 14.9. The van der Waals surface area contributed by atoms with Crippen LogP contribution in [0.3, 0.4) is 0 Å². The van der Waals surface area contributed by atoms with Crippen molar-refractivity contribution in [3.63, 3.8) is 0 Å². The van der Waals surface area contributed by atoms with Gasteiger partial charge in [0, 0.05) is 30.1 Å². The molecule has 1 aliphatic rings. The number of aromatic nitrogens is 1. The second kappa shape index (κ2) is 5.32. The Balaban J connectivity index is 2.25. The predicted molar refractivity (Wildman–Crippen MR) is 85.0 cm³/mol. The van der Waals surface area contributed by atoms with Gasteiger partial charge in [-0.15, -0.1) is 0 Å². The zero-order valence-electron chi connectivity index (χ0n) is 12.3. The molecule has 1 aromatic carbocycles. The Bertz CT molecular complexity index is 773. The van der Waals surface area contributed by atoms with Gasteiger partial charge in [0.25, 0.3) is 0 Å². The predicted octanol–water partition coefficient (Wildman–Crippen LogP) is 4.72. The summed E-state index contributed by atoms with van der Waals surface area (Å²) in [5.74, 6) is -0.240. The molecule has 0 amide bonds. The van der Waals surface area contributed by atoms with Gasteiger partial charge in [-0.05, 0) is 31.5 Å². The Hall–Kier alpha value is -1.58. The number of allylic oxidation sites excluding steroid dienone is 2. The minimum atomic E-state index is -0.240. The maximum Gasteiger partial charge on any atom is 0.156 e. The summed E-state index contributed by atoms with van der Waals surface area (Å²) in [6, 6.07) is 5.29. The molecule has 1 atom stereocenters. The summed E-state index contributed by atoms with van der Waals surface area (Å²) in [4.78, 5) is 0. The molecule has 110 valence electrons. The molecular weight excluding hydrogens is 289 g/mol. The van der Waals surface area contributed by atoms with Gasteiger partial charge in [0.05, 0.1) is 17.3 Å². The molecule has 1 aromatic heterocycles. The van der Waals surface area contributed by atoms with Gasteiger partial charge in [-0.25, -0.2) is 4.39 Å². The molecule has 1 aliphatic carbocycles. The van der Waals surface area contributed by atoms with Crippen LogP contribution in [-0.2, 0) is 11.8 Å². The summed E-state index contributed by atoms with van der Waals surface area (Å²) < 4.78 is 22.3. The number of aryl methyl sites for hydroxylation is 1. The summed E-state index contributed by atoms with van der Waals surface area (Å²) in [5, 5.41) is 1.08. The third kappa shape index (κ3) is 2.30. The Morgan fingerprint density at radius 3 is 2.81 bits per heavy atom. The van der Waals surface area contributed by atoms with Crippen molar-refractivity contribution in [1.29, 1.82) is 0 Å². The van der Waals surface area contributed by atoms with Gasteiger partial charge in [0.1, 0.15) is 0 Å². The number of nitrogens with zero attached hydrogens (tertiary/aromatic N) is 1. The number of ether oxygens (including phenoxy) is 1. The van der Waals surface area contributed by atoms with E-state index >= 15 is 0 Å². The van der Waals surface area contributed by atoms with Gasteiger partial charge >= 0.3 is 0 Å². The summed E-state index contributed by atoms with van der Waals surface area (Å²) in [7, 11) is 3.53. The zero-order valence-corrected chi connectivity index (χ0v) is 13.0. The number of rotatable bonds is 2. The molecule has 0 aliphatic heterocycles. The van der Waals surface area contributed by atoms with Gasteiger partial charge in [-0.1, -0.05) is 29.3 Å². The summed E-state index contributed by atoms with van der Waals surface area (Å²) in [5.41, 5.74) is 3.50. The van der Waals surface area contributed by atoms with Gasteiger partial charge in [-0.2, -0.15) is 0 Å². The van der Waals surface area contributed by atoms with Crippen LogP contribution in [0.15, 0.2) is 35.9 Å². The van der Waals surface area contributed by atoms with E-state index in [-0.39, 0.29) is 11.9 Å². The number of benzene rings is 1.